The number of rotatable bonds is 3. The molecular formula is C12H12FN3. The van der Waals surface area contributed by atoms with Crippen molar-refractivity contribution in [3.8, 4) is 0 Å². The first kappa shape index (κ1) is 10.7. The van der Waals surface area contributed by atoms with Crippen LogP contribution in [-0.2, 0) is 0 Å². The van der Waals surface area contributed by atoms with Crippen molar-refractivity contribution in [1.82, 2.24) is 9.97 Å². The van der Waals surface area contributed by atoms with E-state index in [1.54, 1.807) is 24.5 Å². The fourth-order valence-electron chi connectivity index (χ4n) is 1.60. The summed E-state index contributed by atoms with van der Waals surface area (Å²) in [5.41, 5.74) is 6.48. The molecule has 1 atom stereocenters. The molecule has 0 saturated carbocycles. The van der Waals surface area contributed by atoms with Crippen LogP contribution in [0.3, 0.4) is 0 Å². The Kier molecular flexibility index (Phi) is 3.22. The van der Waals surface area contributed by atoms with E-state index < -0.39 is 0 Å². The van der Waals surface area contributed by atoms with Gasteiger partial charge in [0.1, 0.15) is 11.6 Å². The Morgan fingerprint density at radius 1 is 1.19 bits per heavy atom. The number of nitrogens with two attached hydrogens (primary N) is 1. The maximum Gasteiger partial charge on any atom is 0.136 e. The van der Waals surface area contributed by atoms with Crippen LogP contribution in [0.4, 0.5) is 4.39 Å². The zero-order chi connectivity index (χ0) is 11.4. The van der Waals surface area contributed by atoms with E-state index in [9.17, 15) is 4.39 Å². The highest BCUT2D eigenvalue weighted by Crippen LogP contribution is 2.20. The van der Waals surface area contributed by atoms with Gasteiger partial charge >= 0.3 is 0 Å². The molecule has 0 aliphatic carbocycles. The second-order valence-corrected chi connectivity index (χ2v) is 3.45. The van der Waals surface area contributed by atoms with Crippen LogP contribution in [-0.4, -0.2) is 16.5 Å². The number of aromatic nitrogens is 2. The normalized spacial score (nSPS) is 12.4. The van der Waals surface area contributed by atoms with Crippen LogP contribution in [0.15, 0.2) is 42.7 Å². The number of halogens is 1. The molecule has 2 aromatic rings. The molecule has 3 nitrogen and oxygen atoms in total. The van der Waals surface area contributed by atoms with E-state index >= 15 is 0 Å². The third kappa shape index (κ3) is 2.23. The Balaban J connectivity index is 2.37. The van der Waals surface area contributed by atoms with Gasteiger partial charge in [-0.15, -0.1) is 0 Å². The smallest absolute Gasteiger partial charge is 0.136 e. The molecule has 0 aliphatic rings. The number of hydrogen-bond donors (Lipinski definition) is 1. The minimum atomic E-state index is -0.271. The van der Waals surface area contributed by atoms with Crippen molar-refractivity contribution in [3.05, 3.63) is 59.9 Å². The second-order valence-electron chi connectivity index (χ2n) is 3.45. The topological polar surface area (TPSA) is 51.8 Å². The number of nitrogens with zero attached hydrogens (tertiary/aromatic N) is 2. The summed E-state index contributed by atoms with van der Waals surface area (Å²) in [6.45, 7) is 0.355. The summed E-state index contributed by atoms with van der Waals surface area (Å²) in [5, 5.41) is 0. The first-order valence-electron chi connectivity index (χ1n) is 5.03. The van der Waals surface area contributed by atoms with E-state index in [-0.39, 0.29) is 11.7 Å². The highest BCUT2D eigenvalue weighted by molar-refractivity contribution is 5.26. The standard InChI is InChI=1S/C12H12FN3/c13-10-4-1-3-9(7-10)11(8-14)12-15-5-2-6-16-12/h1-7,11H,8,14H2. The third-order valence-corrected chi connectivity index (χ3v) is 2.38. The fourth-order valence-corrected chi connectivity index (χ4v) is 1.60. The summed E-state index contributed by atoms with van der Waals surface area (Å²) in [6, 6.07) is 8.10. The van der Waals surface area contributed by atoms with E-state index in [0.29, 0.717) is 12.4 Å². The van der Waals surface area contributed by atoms with Gasteiger partial charge in [0.25, 0.3) is 0 Å². The van der Waals surface area contributed by atoms with E-state index in [4.69, 9.17) is 5.73 Å². The Hall–Kier alpha value is -1.81. The predicted octanol–water partition coefficient (Wildman–Crippen LogP) is 1.71. The Labute approximate surface area is 93.2 Å². The predicted molar refractivity (Wildman–Crippen MR) is 59.3 cm³/mol. The maximum absolute atomic E-state index is 13.1. The van der Waals surface area contributed by atoms with Gasteiger partial charge in [-0.05, 0) is 23.8 Å². The third-order valence-electron chi connectivity index (χ3n) is 2.38. The van der Waals surface area contributed by atoms with Gasteiger partial charge in [-0.3, -0.25) is 0 Å². The molecule has 0 bridgehead atoms. The molecule has 82 valence electrons. The van der Waals surface area contributed by atoms with Crippen LogP contribution in [0.1, 0.15) is 17.3 Å². The molecule has 0 radical (unpaired) electrons. The monoisotopic (exact) mass is 217 g/mol. The first-order chi connectivity index (χ1) is 7.81. The maximum atomic E-state index is 13.1. The first-order valence-corrected chi connectivity index (χ1v) is 5.03. The minimum Gasteiger partial charge on any atom is -0.329 e. The van der Waals surface area contributed by atoms with Crippen LogP contribution in [0.2, 0.25) is 0 Å². The van der Waals surface area contributed by atoms with Gasteiger partial charge in [0.05, 0.1) is 5.92 Å². The van der Waals surface area contributed by atoms with Crippen molar-refractivity contribution in [1.29, 1.82) is 0 Å². The van der Waals surface area contributed by atoms with Crippen molar-refractivity contribution in [2.24, 2.45) is 5.73 Å². The van der Waals surface area contributed by atoms with Crippen LogP contribution >= 0.6 is 0 Å². The summed E-state index contributed by atoms with van der Waals surface area (Å²) < 4.78 is 13.1. The van der Waals surface area contributed by atoms with Crippen molar-refractivity contribution in [3.63, 3.8) is 0 Å². The van der Waals surface area contributed by atoms with Gasteiger partial charge in [-0.2, -0.15) is 0 Å². The van der Waals surface area contributed by atoms with Gasteiger partial charge in [-0.1, -0.05) is 12.1 Å². The lowest BCUT2D eigenvalue weighted by atomic mass is 9.98. The number of hydrogen-bond acceptors (Lipinski definition) is 3. The SMILES string of the molecule is NCC(c1cccc(F)c1)c1ncccn1. The van der Waals surface area contributed by atoms with Crippen LogP contribution in [0.25, 0.3) is 0 Å². The summed E-state index contributed by atoms with van der Waals surface area (Å²) in [4.78, 5) is 8.28. The quantitative estimate of drug-likeness (QED) is 0.851. The Morgan fingerprint density at radius 3 is 2.56 bits per heavy atom. The zero-order valence-corrected chi connectivity index (χ0v) is 8.68. The summed E-state index contributed by atoms with van der Waals surface area (Å²) in [5.74, 6) is 0.194. The molecule has 0 saturated heterocycles. The van der Waals surface area contributed by atoms with Gasteiger partial charge in [-0.25, -0.2) is 14.4 Å². The molecule has 1 unspecified atom stereocenters. The van der Waals surface area contributed by atoms with Gasteiger partial charge in [0.2, 0.25) is 0 Å². The fraction of sp³-hybridized carbons (Fsp3) is 0.167. The Bertz CT molecular complexity index is 459. The molecule has 1 aromatic heterocycles. The summed E-state index contributed by atoms with van der Waals surface area (Å²) in [7, 11) is 0. The van der Waals surface area contributed by atoms with Gasteiger partial charge < -0.3 is 5.73 Å². The Morgan fingerprint density at radius 2 is 1.94 bits per heavy atom. The minimum absolute atomic E-state index is 0.156. The van der Waals surface area contributed by atoms with E-state index in [1.165, 1.54) is 12.1 Å². The molecule has 0 spiro atoms. The van der Waals surface area contributed by atoms with Gasteiger partial charge in [0.15, 0.2) is 0 Å². The van der Waals surface area contributed by atoms with E-state index in [2.05, 4.69) is 9.97 Å². The molecule has 0 amide bonds. The van der Waals surface area contributed by atoms with Crippen LogP contribution in [0.5, 0.6) is 0 Å². The molecule has 1 heterocycles. The number of benzene rings is 1. The lowest BCUT2D eigenvalue weighted by molar-refractivity contribution is 0.621. The van der Waals surface area contributed by atoms with E-state index in [1.807, 2.05) is 6.07 Å². The lowest BCUT2D eigenvalue weighted by Crippen LogP contribution is -2.16. The molecule has 0 aliphatic heterocycles. The molecule has 2 N–H and O–H groups in total. The molecule has 2 rings (SSSR count). The van der Waals surface area contributed by atoms with Crippen LogP contribution in [0, 0.1) is 5.82 Å². The molecule has 0 fully saturated rings. The van der Waals surface area contributed by atoms with Crippen molar-refractivity contribution >= 4 is 0 Å². The van der Waals surface area contributed by atoms with Crippen molar-refractivity contribution in [2.45, 2.75) is 5.92 Å². The molecule has 16 heavy (non-hydrogen) atoms. The average Bonchev–Trinajstić information content (AvgIpc) is 2.31. The van der Waals surface area contributed by atoms with Crippen molar-refractivity contribution in [2.75, 3.05) is 6.54 Å². The highest BCUT2D eigenvalue weighted by atomic mass is 19.1. The largest absolute Gasteiger partial charge is 0.329 e. The van der Waals surface area contributed by atoms with Gasteiger partial charge in [0, 0.05) is 18.9 Å². The summed E-state index contributed by atoms with van der Waals surface area (Å²) in [6.07, 6.45) is 3.31. The molecule has 1 aromatic carbocycles. The molecular weight excluding hydrogens is 205 g/mol. The zero-order valence-electron chi connectivity index (χ0n) is 8.68. The second kappa shape index (κ2) is 4.81. The highest BCUT2D eigenvalue weighted by Gasteiger charge is 2.15. The van der Waals surface area contributed by atoms with Crippen LogP contribution < -0.4 is 5.73 Å². The molecule has 4 heteroatoms. The average molecular weight is 217 g/mol. The summed E-state index contributed by atoms with van der Waals surface area (Å²) >= 11 is 0. The van der Waals surface area contributed by atoms with E-state index in [0.717, 1.165) is 5.56 Å². The van der Waals surface area contributed by atoms with Crippen molar-refractivity contribution < 1.29 is 4.39 Å². The lowest BCUT2D eigenvalue weighted by Gasteiger charge is -2.13.